The van der Waals surface area contributed by atoms with Crippen LogP contribution >= 0.6 is 0 Å². The molecule has 0 aliphatic heterocycles. The van der Waals surface area contributed by atoms with Crippen molar-refractivity contribution in [1.29, 1.82) is 0 Å². The topological polar surface area (TPSA) is 43.4 Å². The van der Waals surface area contributed by atoms with Gasteiger partial charge in [0.15, 0.2) is 0 Å². The Bertz CT molecular complexity index is 597. The average Bonchev–Trinajstić information content (AvgIpc) is 2.46. The van der Waals surface area contributed by atoms with E-state index >= 15 is 0 Å². The second-order valence-electron chi connectivity index (χ2n) is 5.18. The molecule has 0 heterocycles. The fourth-order valence-electron chi connectivity index (χ4n) is 2.29. The molecule has 0 fully saturated rings. The Hall–Kier alpha value is -1.39. The van der Waals surface area contributed by atoms with Crippen molar-refractivity contribution in [2.75, 3.05) is 6.61 Å². The van der Waals surface area contributed by atoms with Gasteiger partial charge in [0.1, 0.15) is 0 Å². The van der Waals surface area contributed by atoms with E-state index in [1.54, 1.807) is 24.3 Å². The van der Waals surface area contributed by atoms with E-state index in [-0.39, 0.29) is 17.4 Å². The molecular weight excluding hydrogens is 272 g/mol. The Morgan fingerprint density at radius 2 is 2.05 bits per heavy atom. The highest BCUT2D eigenvalue weighted by Crippen LogP contribution is 2.26. The lowest BCUT2D eigenvalue weighted by atomic mass is 9.89. The SMILES string of the molecule is C=CC1=CCC[C@@H](COS(=O)(=O)c2ccc(C)cc2)C1. The molecule has 0 radical (unpaired) electrons. The summed E-state index contributed by atoms with van der Waals surface area (Å²) in [5.41, 5.74) is 2.20. The maximum absolute atomic E-state index is 12.1. The summed E-state index contributed by atoms with van der Waals surface area (Å²) in [6.45, 7) is 5.91. The summed E-state index contributed by atoms with van der Waals surface area (Å²) in [6.07, 6.45) is 6.74. The standard InChI is InChI=1S/C16H20O3S/c1-3-14-5-4-6-15(11-14)12-19-20(17,18)16-9-7-13(2)8-10-16/h3,5,7-10,15H,1,4,6,11-12H2,2H3/t15-/m1/s1. The van der Waals surface area contributed by atoms with Crippen LogP contribution in [-0.4, -0.2) is 15.0 Å². The molecule has 0 bridgehead atoms. The van der Waals surface area contributed by atoms with Crippen LogP contribution in [0.1, 0.15) is 24.8 Å². The van der Waals surface area contributed by atoms with Gasteiger partial charge in [-0.25, -0.2) is 0 Å². The zero-order valence-corrected chi connectivity index (χ0v) is 12.5. The molecule has 108 valence electrons. The maximum Gasteiger partial charge on any atom is 0.296 e. The largest absolute Gasteiger partial charge is 0.296 e. The van der Waals surface area contributed by atoms with Crippen molar-refractivity contribution in [3.05, 3.63) is 54.1 Å². The van der Waals surface area contributed by atoms with Crippen LogP contribution in [0.2, 0.25) is 0 Å². The third kappa shape index (κ3) is 3.81. The number of hydrogen-bond donors (Lipinski definition) is 0. The van der Waals surface area contributed by atoms with Crippen LogP contribution in [0.15, 0.2) is 53.5 Å². The van der Waals surface area contributed by atoms with Crippen LogP contribution in [0.25, 0.3) is 0 Å². The predicted octanol–water partition coefficient (Wildman–Crippen LogP) is 3.61. The van der Waals surface area contributed by atoms with Crippen LogP contribution in [0.3, 0.4) is 0 Å². The van der Waals surface area contributed by atoms with E-state index in [1.165, 1.54) is 5.57 Å². The molecule has 0 unspecified atom stereocenters. The van der Waals surface area contributed by atoms with Crippen molar-refractivity contribution in [2.45, 2.75) is 31.1 Å². The molecule has 4 heteroatoms. The normalized spacial score (nSPS) is 19.4. The zero-order valence-electron chi connectivity index (χ0n) is 11.7. The molecule has 0 N–H and O–H groups in total. The van der Waals surface area contributed by atoms with Crippen molar-refractivity contribution >= 4 is 10.1 Å². The quantitative estimate of drug-likeness (QED) is 0.779. The molecule has 0 saturated heterocycles. The highest BCUT2D eigenvalue weighted by atomic mass is 32.2. The van der Waals surface area contributed by atoms with Gasteiger partial charge in [0.2, 0.25) is 0 Å². The van der Waals surface area contributed by atoms with Crippen molar-refractivity contribution < 1.29 is 12.6 Å². The molecule has 1 aliphatic rings. The van der Waals surface area contributed by atoms with Crippen LogP contribution in [0.5, 0.6) is 0 Å². The third-order valence-corrected chi connectivity index (χ3v) is 4.83. The van der Waals surface area contributed by atoms with E-state index in [2.05, 4.69) is 12.7 Å². The molecule has 0 spiro atoms. The van der Waals surface area contributed by atoms with Gasteiger partial charge in [-0.2, -0.15) is 8.42 Å². The van der Waals surface area contributed by atoms with Crippen molar-refractivity contribution in [2.24, 2.45) is 5.92 Å². The van der Waals surface area contributed by atoms with Gasteiger partial charge < -0.3 is 0 Å². The first-order valence-electron chi connectivity index (χ1n) is 6.79. The maximum atomic E-state index is 12.1. The Morgan fingerprint density at radius 1 is 1.35 bits per heavy atom. The lowest BCUT2D eigenvalue weighted by Crippen LogP contribution is -2.17. The van der Waals surface area contributed by atoms with Gasteiger partial charge in [-0.05, 0) is 44.2 Å². The van der Waals surface area contributed by atoms with E-state index in [4.69, 9.17) is 4.18 Å². The Morgan fingerprint density at radius 3 is 2.70 bits per heavy atom. The minimum atomic E-state index is -3.65. The Labute approximate surface area is 121 Å². The number of benzene rings is 1. The molecular formula is C16H20O3S. The molecule has 1 atom stereocenters. The zero-order chi connectivity index (χ0) is 14.6. The minimum absolute atomic E-state index is 0.221. The first-order valence-corrected chi connectivity index (χ1v) is 8.19. The molecule has 20 heavy (non-hydrogen) atoms. The summed E-state index contributed by atoms with van der Waals surface area (Å²) in [7, 11) is -3.65. The third-order valence-electron chi connectivity index (χ3n) is 3.54. The van der Waals surface area contributed by atoms with Gasteiger partial charge in [-0.3, -0.25) is 4.18 Å². The lowest BCUT2D eigenvalue weighted by Gasteiger charge is -2.20. The fraction of sp³-hybridized carbons (Fsp3) is 0.375. The molecule has 2 rings (SSSR count). The summed E-state index contributed by atoms with van der Waals surface area (Å²) in [5.74, 6) is 0.244. The summed E-state index contributed by atoms with van der Waals surface area (Å²) in [6, 6.07) is 6.71. The van der Waals surface area contributed by atoms with E-state index < -0.39 is 10.1 Å². The molecule has 0 saturated carbocycles. The van der Waals surface area contributed by atoms with Crippen LogP contribution in [0, 0.1) is 12.8 Å². The van der Waals surface area contributed by atoms with Crippen molar-refractivity contribution in [1.82, 2.24) is 0 Å². The van der Waals surface area contributed by atoms with Crippen LogP contribution in [0.4, 0.5) is 0 Å². The number of allylic oxidation sites excluding steroid dienone is 3. The fourth-order valence-corrected chi connectivity index (χ4v) is 3.27. The summed E-state index contributed by atoms with van der Waals surface area (Å²) in [5, 5.41) is 0. The number of aryl methyl sites for hydroxylation is 1. The van der Waals surface area contributed by atoms with E-state index in [9.17, 15) is 8.42 Å². The van der Waals surface area contributed by atoms with E-state index in [1.807, 2.05) is 13.0 Å². The molecule has 1 aliphatic carbocycles. The van der Waals surface area contributed by atoms with Gasteiger partial charge in [-0.1, -0.05) is 42.0 Å². The van der Waals surface area contributed by atoms with Crippen molar-refractivity contribution in [3.63, 3.8) is 0 Å². The minimum Gasteiger partial charge on any atom is -0.266 e. The second kappa shape index (κ2) is 6.37. The second-order valence-corrected chi connectivity index (χ2v) is 6.80. The van der Waals surface area contributed by atoms with Crippen LogP contribution < -0.4 is 0 Å². The monoisotopic (exact) mass is 292 g/mol. The molecule has 1 aromatic carbocycles. The summed E-state index contributed by atoms with van der Waals surface area (Å²) in [4.78, 5) is 0.221. The average molecular weight is 292 g/mol. The van der Waals surface area contributed by atoms with Gasteiger partial charge in [0, 0.05) is 0 Å². The highest BCUT2D eigenvalue weighted by molar-refractivity contribution is 7.86. The molecule has 0 aromatic heterocycles. The smallest absolute Gasteiger partial charge is 0.266 e. The summed E-state index contributed by atoms with van der Waals surface area (Å²) >= 11 is 0. The number of rotatable bonds is 5. The first kappa shape index (κ1) is 15.0. The van der Waals surface area contributed by atoms with Crippen molar-refractivity contribution in [3.8, 4) is 0 Å². The summed E-state index contributed by atoms with van der Waals surface area (Å²) < 4.78 is 29.4. The van der Waals surface area contributed by atoms with Gasteiger partial charge in [0.25, 0.3) is 10.1 Å². The van der Waals surface area contributed by atoms with E-state index in [0.717, 1.165) is 24.8 Å². The molecule has 0 amide bonds. The lowest BCUT2D eigenvalue weighted by molar-refractivity contribution is 0.242. The predicted molar refractivity (Wildman–Crippen MR) is 79.9 cm³/mol. The van der Waals surface area contributed by atoms with Gasteiger partial charge in [0.05, 0.1) is 11.5 Å². The van der Waals surface area contributed by atoms with Crippen LogP contribution in [-0.2, 0) is 14.3 Å². The van der Waals surface area contributed by atoms with E-state index in [0.29, 0.717) is 0 Å². The van der Waals surface area contributed by atoms with Gasteiger partial charge >= 0.3 is 0 Å². The highest BCUT2D eigenvalue weighted by Gasteiger charge is 2.20. The number of hydrogen-bond acceptors (Lipinski definition) is 3. The van der Waals surface area contributed by atoms with Gasteiger partial charge in [-0.15, -0.1) is 0 Å². The Kier molecular flexibility index (Phi) is 4.78. The molecule has 1 aromatic rings. The molecule has 3 nitrogen and oxygen atoms in total. The first-order chi connectivity index (χ1) is 9.51. The Balaban J connectivity index is 1.98.